The smallest absolute Gasteiger partial charge is 0.111 e. The minimum absolute atomic E-state index is 0.153. The lowest BCUT2D eigenvalue weighted by molar-refractivity contribution is 0.180. The summed E-state index contributed by atoms with van der Waals surface area (Å²) in [6.07, 6.45) is 10.7. The number of nitrogens with zero attached hydrogens (tertiary/aromatic N) is 3. The number of hydrogen-bond acceptors (Lipinski definition) is 3. The average molecular weight is 248 g/mol. The minimum atomic E-state index is 0.153. The predicted molar refractivity (Wildman–Crippen MR) is 72.4 cm³/mol. The number of imidazole rings is 1. The fraction of sp³-hybridized carbons (Fsp3) is 0.786. The molecule has 0 amide bonds. The van der Waals surface area contributed by atoms with Gasteiger partial charge in [-0.3, -0.25) is 0 Å². The second-order valence-electron chi connectivity index (χ2n) is 5.83. The molecule has 4 nitrogen and oxygen atoms in total. The highest BCUT2D eigenvalue weighted by Gasteiger charge is 2.25. The Morgan fingerprint density at radius 3 is 3.06 bits per heavy atom. The Morgan fingerprint density at radius 1 is 1.33 bits per heavy atom. The number of aryl methyl sites for hydroxylation is 1. The lowest BCUT2D eigenvalue weighted by Gasteiger charge is -2.33. The second kappa shape index (κ2) is 5.02. The number of fused-ring (bicyclic) bond motifs is 1. The van der Waals surface area contributed by atoms with Crippen LogP contribution in [0.2, 0.25) is 0 Å². The fourth-order valence-corrected chi connectivity index (χ4v) is 3.41. The highest BCUT2D eigenvalue weighted by atomic mass is 15.2. The van der Waals surface area contributed by atoms with Gasteiger partial charge in [0.15, 0.2) is 0 Å². The van der Waals surface area contributed by atoms with Crippen LogP contribution in [-0.2, 0) is 12.8 Å². The van der Waals surface area contributed by atoms with Crippen LogP contribution in [0.3, 0.4) is 0 Å². The van der Waals surface area contributed by atoms with Gasteiger partial charge in [0.1, 0.15) is 5.82 Å². The van der Waals surface area contributed by atoms with Gasteiger partial charge >= 0.3 is 0 Å². The molecule has 0 spiro atoms. The molecule has 2 aliphatic rings. The largest absolute Gasteiger partial charge is 0.316 e. The Hall–Kier alpha value is -0.870. The second-order valence-corrected chi connectivity index (χ2v) is 5.83. The van der Waals surface area contributed by atoms with Gasteiger partial charge in [-0.25, -0.2) is 4.98 Å². The van der Waals surface area contributed by atoms with Crippen molar-refractivity contribution in [1.82, 2.24) is 14.5 Å². The highest BCUT2D eigenvalue weighted by Crippen LogP contribution is 2.25. The first-order chi connectivity index (χ1) is 8.75. The first kappa shape index (κ1) is 12.2. The van der Waals surface area contributed by atoms with E-state index in [4.69, 9.17) is 5.73 Å². The molecule has 0 aliphatic carbocycles. The van der Waals surface area contributed by atoms with Crippen LogP contribution in [0.15, 0.2) is 6.20 Å². The quantitative estimate of drug-likeness (QED) is 0.866. The Morgan fingerprint density at radius 2 is 2.22 bits per heavy atom. The molecule has 100 valence electrons. The van der Waals surface area contributed by atoms with E-state index in [1.165, 1.54) is 43.7 Å². The molecule has 0 bridgehead atoms. The topological polar surface area (TPSA) is 47.1 Å². The molecule has 2 unspecified atom stereocenters. The molecule has 4 heteroatoms. The summed E-state index contributed by atoms with van der Waals surface area (Å²) >= 11 is 0. The van der Waals surface area contributed by atoms with Gasteiger partial charge in [-0.1, -0.05) is 6.42 Å². The normalized spacial score (nSPS) is 29.2. The maximum Gasteiger partial charge on any atom is 0.111 e. The van der Waals surface area contributed by atoms with E-state index in [2.05, 4.69) is 21.5 Å². The van der Waals surface area contributed by atoms with E-state index in [9.17, 15) is 0 Å². The molecule has 1 aromatic heterocycles. The molecule has 1 aromatic rings. The summed E-state index contributed by atoms with van der Waals surface area (Å²) in [6, 6.07) is 0.652. The van der Waals surface area contributed by atoms with Crippen LogP contribution in [0, 0.1) is 0 Å². The molecule has 0 aromatic carbocycles. The number of rotatable bonds is 2. The van der Waals surface area contributed by atoms with E-state index in [1.807, 2.05) is 6.20 Å². The lowest BCUT2D eigenvalue weighted by atomic mass is 9.99. The van der Waals surface area contributed by atoms with Crippen molar-refractivity contribution >= 4 is 0 Å². The monoisotopic (exact) mass is 248 g/mol. The van der Waals surface area contributed by atoms with E-state index in [0.29, 0.717) is 6.04 Å². The Balaban J connectivity index is 1.78. The van der Waals surface area contributed by atoms with Gasteiger partial charge < -0.3 is 15.2 Å². The summed E-state index contributed by atoms with van der Waals surface area (Å²) in [5, 5.41) is 0. The Kier molecular flexibility index (Phi) is 3.39. The van der Waals surface area contributed by atoms with Crippen LogP contribution in [-0.4, -0.2) is 34.1 Å². The summed E-state index contributed by atoms with van der Waals surface area (Å²) in [6.45, 7) is 1.23. The lowest BCUT2D eigenvalue weighted by Crippen LogP contribution is -2.39. The molecule has 1 fully saturated rings. The zero-order valence-electron chi connectivity index (χ0n) is 11.3. The van der Waals surface area contributed by atoms with Gasteiger partial charge in [0, 0.05) is 24.4 Å². The Bertz CT molecular complexity index is 412. The molecule has 0 radical (unpaired) electrons. The van der Waals surface area contributed by atoms with Gasteiger partial charge in [-0.2, -0.15) is 0 Å². The first-order valence-corrected chi connectivity index (χ1v) is 7.26. The van der Waals surface area contributed by atoms with Crippen molar-refractivity contribution in [3.8, 4) is 0 Å². The van der Waals surface area contributed by atoms with Crippen LogP contribution < -0.4 is 5.73 Å². The number of hydrogen-bond donors (Lipinski definition) is 1. The first-order valence-electron chi connectivity index (χ1n) is 7.26. The van der Waals surface area contributed by atoms with Gasteiger partial charge in [-0.05, 0) is 45.7 Å². The number of nitrogens with two attached hydrogens (primary N) is 1. The highest BCUT2D eigenvalue weighted by molar-refractivity contribution is 5.11. The maximum absolute atomic E-state index is 6.24. The van der Waals surface area contributed by atoms with E-state index in [1.54, 1.807) is 0 Å². The molecular formula is C14H24N4. The van der Waals surface area contributed by atoms with Gasteiger partial charge in [-0.15, -0.1) is 0 Å². The molecule has 2 atom stereocenters. The third-order valence-electron chi connectivity index (χ3n) is 4.55. The zero-order valence-corrected chi connectivity index (χ0v) is 11.3. The average Bonchev–Trinajstić information content (AvgIpc) is 2.77. The minimum Gasteiger partial charge on any atom is -0.316 e. The van der Waals surface area contributed by atoms with Crippen molar-refractivity contribution in [2.24, 2.45) is 5.73 Å². The van der Waals surface area contributed by atoms with Crippen LogP contribution in [0.4, 0.5) is 0 Å². The predicted octanol–water partition coefficient (Wildman–Crippen LogP) is 1.70. The SMILES string of the molecule is CN1CCCCC1Cc1ncc2n1C(N)CCC2. The van der Waals surface area contributed by atoms with Crippen molar-refractivity contribution in [2.75, 3.05) is 13.6 Å². The molecular weight excluding hydrogens is 224 g/mol. The standard InChI is InChI=1S/C14H24N4/c1-17-8-3-2-5-11(17)9-14-16-10-12-6-4-7-13(15)18(12)14/h10-11,13H,2-9,15H2,1H3. The van der Waals surface area contributed by atoms with E-state index in [0.717, 1.165) is 19.3 Å². The maximum atomic E-state index is 6.24. The molecule has 3 heterocycles. The van der Waals surface area contributed by atoms with Crippen molar-refractivity contribution in [3.05, 3.63) is 17.7 Å². The summed E-state index contributed by atoms with van der Waals surface area (Å²) in [7, 11) is 2.24. The van der Waals surface area contributed by atoms with Crippen LogP contribution in [0.25, 0.3) is 0 Å². The van der Waals surface area contributed by atoms with Gasteiger partial charge in [0.05, 0.1) is 6.17 Å². The molecule has 2 N–H and O–H groups in total. The number of likely N-dealkylation sites (N-methyl/N-ethyl adjacent to an activating group) is 1. The van der Waals surface area contributed by atoms with Gasteiger partial charge in [0.2, 0.25) is 0 Å². The number of piperidine rings is 1. The molecule has 2 aliphatic heterocycles. The molecule has 1 saturated heterocycles. The molecule has 0 saturated carbocycles. The van der Waals surface area contributed by atoms with Crippen LogP contribution >= 0.6 is 0 Å². The van der Waals surface area contributed by atoms with E-state index in [-0.39, 0.29) is 6.17 Å². The van der Waals surface area contributed by atoms with Crippen LogP contribution in [0.5, 0.6) is 0 Å². The fourth-order valence-electron chi connectivity index (χ4n) is 3.41. The summed E-state index contributed by atoms with van der Waals surface area (Å²) in [5.41, 5.74) is 7.58. The number of likely N-dealkylation sites (tertiary alicyclic amines) is 1. The third-order valence-corrected chi connectivity index (χ3v) is 4.55. The van der Waals surface area contributed by atoms with Crippen molar-refractivity contribution < 1.29 is 0 Å². The number of aromatic nitrogens is 2. The Labute approximate surface area is 109 Å². The van der Waals surface area contributed by atoms with E-state index < -0.39 is 0 Å². The van der Waals surface area contributed by atoms with Crippen molar-refractivity contribution in [2.45, 2.75) is 57.2 Å². The summed E-state index contributed by atoms with van der Waals surface area (Å²) < 4.78 is 2.30. The van der Waals surface area contributed by atoms with Gasteiger partial charge in [0.25, 0.3) is 0 Å². The summed E-state index contributed by atoms with van der Waals surface area (Å²) in [4.78, 5) is 7.12. The molecule has 3 rings (SSSR count). The van der Waals surface area contributed by atoms with Crippen molar-refractivity contribution in [3.63, 3.8) is 0 Å². The molecule has 18 heavy (non-hydrogen) atoms. The summed E-state index contributed by atoms with van der Waals surface area (Å²) in [5.74, 6) is 1.20. The third kappa shape index (κ3) is 2.19. The zero-order chi connectivity index (χ0) is 12.5. The van der Waals surface area contributed by atoms with Crippen LogP contribution in [0.1, 0.15) is 49.8 Å². The van der Waals surface area contributed by atoms with E-state index >= 15 is 0 Å². The van der Waals surface area contributed by atoms with Crippen molar-refractivity contribution in [1.29, 1.82) is 0 Å².